The van der Waals surface area contributed by atoms with Crippen LogP contribution in [0.2, 0.25) is 0 Å². The van der Waals surface area contributed by atoms with Crippen LogP contribution < -0.4 is 16.4 Å². The molecule has 1 saturated heterocycles. The normalized spacial score (nSPS) is 19.0. The summed E-state index contributed by atoms with van der Waals surface area (Å²) in [4.78, 5) is 21.7. The number of hydrogen-bond donors (Lipinski definition) is 3. The molecule has 1 saturated carbocycles. The summed E-state index contributed by atoms with van der Waals surface area (Å²) in [6.45, 7) is 5.12. The molecule has 1 aliphatic heterocycles. The highest BCUT2D eigenvalue weighted by Gasteiger charge is 2.25. The SMILES string of the molecule is Nc1nc(NCCCN2CCOCC2)nc(NC2CCCCC2)c1[N+](=O)[O-]. The predicted octanol–water partition coefficient (Wildman–Crippen LogP) is 1.85. The van der Waals surface area contributed by atoms with Crippen LogP contribution in [0.1, 0.15) is 38.5 Å². The van der Waals surface area contributed by atoms with Crippen molar-refractivity contribution >= 4 is 23.3 Å². The number of morpholine rings is 1. The minimum atomic E-state index is -0.511. The van der Waals surface area contributed by atoms with Gasteiger partial charge in [0.1, 0.15) is 0 Å². The molecule has 2 aliphatic rings. The Balaban J connectivity index is 1.59. The van der Waals surface area contributed by atoms with Gasteiger partial charge in [-0.1, -0.05) is 19.3 Å². The Labute approximate surface area is 159 Å². The van der Waals surface area contributed by atoms with E-state index < -0.39 is 4.92 Å². The number of anilines is 3. The number of nitrogen functional groups attached to an aromatic ring is 1. The second-order valence-corrected chi connectivity index (χ2v) is 7.10. The fourth-order valence-corrected chi connectivity index (χ4v) is 3.60. The third-order valence-electron chi connectivity index (χ3n) is 5.08. The molecule has 0 spiro atoms. The van der Waals surface area contributed by atoms with Crippen molar-refractivity contribution < 1.29 is 9.66 Å². The third kappa shape index (κ3) is 5.64. The van der Waals surface area contributed by atoms with E-state index in [0.717, 1.165) is 65.0 Å². The number of nitrogens with two attached hydrogens (primary N) is 1. The van der Waals surface area contributed by atoms with Gasteiger partial charge in [-0.3, -0.25) is 15.0 Å². The molecule has 27 heavy (non-hydrogen) atoms. The summed E-state index contributed by atoms with van der Waals surface area (Å²) in [6.07, 6.45) is 6.36. The first-order chi connectivity index (χ1) is 13.1. The number of aromatic nitrogens is 2. The van der Waals surface area contributed by atoms with E-state index in [9.17, 15) is 10.1 Å². The van der Waals surface area contributed by atoms with Crippen molar-refractivity contribution in [2.24, 2.45) is 0 Å². The summed E-state index contributed by atoms with van der Waals surface area (Å²) in [5.74, 6) is 0.442. The van der Waals surface area contributed by atoms with Gasteiger partial charge >= 0.3 is 5.69 Å². The molecular weight excluding hydrogens is 350 g/mol. The Bertz CT molecular complexity index is 631. The van der Waals surface area contributed by atoms with Crippen molar-refractivity contribution in [3.63, 3.8) is 0 Å². The van der Waals surface area contributed by atoms with Gasteiger partial charge in [-0.2, -0.15) is 9.97 Å². The second kappa shape index (κ2) is 9.65. The highest BCUT2D eigenvalue weighted by Crippen LogP contribution is 2.31. The smallest absolute Gasteiger partial charge is 0.353 e. The Morgan fingerprint density at radius 1 is 1.22 bits per heavy atom. The van der Waals surface area contributed by atoms with E-state index in [1.807, 2.05) is 0 Å². The van der Waals surface area contributed by atoms with Gasteiger partial charge in [0.15, 0.2) is 0 Å². The van der Waals surface area contributed by atoms with E-state index in [2.05, 4.69) is 25.5 Å². The fraction of sp³-hybridized carbons (Fsp3) is 0.765. The van der Waals surface area contributed by atoms with E-state index in [4.69, 9.17) is 10.5 Å². The standard InChI is InChI=1S/C17H29N7O3/c18-15-14(24(25)26)16(20-13-5-2-1-3-6-13)22-17(21-15)19-7-4-8-23-9-11-27-12-10-23/h13H,1-12H2,(H4,18,19,20,21,22). The Morgan fingerprint density at radius 3 is 2.67 bits per heavy atom. The molecule has 0 bridgehead atoms. The number of nitro groups is 1. The van der Waals surface area contributed by atoms with E-state index >= 15 is 0 Å². The molecule has 3 rings (SSSR count). The number of nitrogens with one attached hydrogen (secondary N) is 2. The van der Waals surface area contributed by atoms with Crippen molar-refractivity contribution in [1.29, 1.82) is 0 Å². The Kier molecular flexibility index (Phi) is 6.99. The Hall–Kier alpha value is -2.20. The molecule has 150 valence electrons. The van der Waals surface area contributed by atoms with Crippen LogP contribution in [-0.4, -0.2) is 65.2 Å². The monoisotopic (exact) mass is 379 g/mol. The van der Waals surface area contributed by atoms with Crippen LogP contribution in [0.3, 0.4) is 0 Å². The van der Waals surface area contributed by atoms with Crippen molar-refractivity contribution in [1.82, 2.24) is 14.9 Å². The molecule has 10 nitrogen and oxygen atoms in total. The lowest BCUT2D eigenvalue weighted by molar-refractivity contribution is -0.383. The van der Waals surface area contributed by atoms with Crippen LogP contribution in [0.5, 0.6) is 0 Å². The minimum Gasteiger partial charge on any atom is -0.379 e. The summed E-state index contributed by atoms with van der Waals surface area (Å²) in [6, 6.07) is 0.195. The lowest BCUT2D eigenvalue weighted by atomic mass is 9.95. The van der Waals surface area contributed by atoms with Crippen LogP contribution >= 0.6 is 0 Å². The van der Waals surface area contributed by atoms with Gasteiger partial charge < -0.3 is 21.1 Å². The number of hydrogen-bond acceptors (Lipinski definition) is 9. The van der Waals surface area contributed by atoms with E-state index in [1.54, 1.807) is 0 Å². The number of ether oxygens (including phenoxy) is 1. The average Bonchev–Trinajstić information content (AvgIpc) is 2.66. The maximum atomic E-state index is 11.4. The molecule has 1 aliphatic carbocycles. The van der Waals surface area contributed by atoms with E-state index in [1.165, 1.54) is 6.42 Å². The summed E-state index contributed by atoms with van der Waals surface area (Å²) >= 11 is 0. The quantitative estimate of drug-likeness (QED) is 0.351. The summed E-state index contributed by atoms with van der Waals surface area (Å²) in [7, 11) is 0. The van der Waals surface area contributed by atoms with Gasteiger partial charge in [0.05, 0.1) is 18.1 Å². The lowest BCUT2D eigenvalue weighted by Gasteiger charge is -2.26. The molecule has 2 fully saturated rings. The first-order valence-electron chi connectivity index (χ1n) is 9.76. The van der Waals surface area contributed by atoms with Crippen molar-refractivity contribution in [3.8, 4) is 0 Å². The van der Waals surface area contributed by atoms with Crippen molar-refractivity contribution in [2.75, 3.05) is 55.8 Å². The summed E-state index contributed by atoms with van der Waals surface area (Å²) in [5, 5.41) is 17.8. The van der Waals surface area contributed by atoms with Gasteiger partial charge in [-0.05, 0) is 25.8 Å². The fourth-order valence-electron chi connectivity index (χ4n) is 3.60. The first-order valence-corrected chi connectivity index (χ1v) is 9.76. The predicted molar refractivity (Wildman–Crippen MR) is 104 cm³/mol. The highest BCUT2D eigenvalue weighted by atomic mass is 16.6. The molecular formula is C17H29N7O3. The Morgan fingerprint density at radius 2 is 1.96 bits per heavy atom. The van der Waals surface area contributed by atoms with Crippen LogP contribution in [0, 0.1) is 10.1 Å². The second-order valence-electron chi connectivity index (χ2n) is 7.10. The molecule has 0 aromatic carbocycles. The zero-order chi connectivity index (χ0) is 19.1. The molecule has 1 aromatic rings. The van der Waals surface area contributed by atoms with Crippen LogP contribution in [-0.2, 0) is 4.74 Å². The molecule has 1 aromatic heterocycles. The molecule has 0 radical (unpaired) electrons. The first kappa shape index (κ1) is 19.6. The maximum absolute atomic E-state index is 11.4. The lowest BCUT2D eigenvalue weighted by Crippen LogP contribution is -2.37. The average molecular weight is 379 g/mol. The molecule has 10 heteroatoms. The van der Waals surface area contributed by atoms with Gasteiger partial charge in [0.25, 0.3) is 0 Å². The van der Waals surface area contributed by atoms with Gasteiger partial charge in [0, 0.05) is 25.7 Å². The van der Waals surface area contributed by atoms with Crippen molar-refractivity contribution in [2.45, 2.75) is 44.6 Å². The van der Waals surface area contributed by atoms with E-state index in [-0.39, 0.29) is 23.4 Å². The van der Waals surface area contributed by atoms with Crippen LogP contribution in [0.4, 0.5) is 23.3 Å². The largest absolute Gasteiger partial charge is 0.379 e. The minimum absolute atomic E-state index is 0.107. The molecule has 4 N–H and O–H groups in total. The van der Waals surface area contributed by atoms with Crippen molar-refractivity contribution in [3.05, 3.63) is 10.1 Å². The zero-order valence-electron chi connectivity index (χ0n) is 15.7. The van der Waals surface area contributed by atoms with Gasteiger partial charge in [-0.15, -0.1) is 0 Å². The molecule has 0 unspecified atom stereocenters. The maximum Gasteiger partial charge on any atom is 0.353 e. The molecule has 0 atom stereocenters. The van der Waals surface area contributed by atoms with Gasteiger partial charge in [-0.25, -0.2) is 0 Å². The number of rotatable bonds is 8. The van der Waals surface area contributed by atoms with E-state index in [0.29, 0.717) is 12.5 Å². The molecule has 2 heterocycles. The summed E-state index contributed by atoms with van der Waals surface area (Å²) in [5.41, 5.74) is 5.62. The highest BCUT2D eigenvalue weighted by molar-refractivity contribution is 5.70. The summed E-state index contributed by atoms with van der Waals surface area (Å²) < 4.78 is 5.34. The topological polar surface area (TPSA) is 131 Å². The zero-order valence-corrected chi connectivity index (χ0v) is 15.7. The molecule has 0 amide bonds. The van der Waals surface area contributed by atoms with Crippen LogP contribution in [0.25, 0.3) is 0 Å². The third-order valence-corrected chi connectivity index (χ3v) is 5.08. The van der Waals surface area contributed by atoms with Crippen LogP contribution in [0.15, 0.2) is 0 Å². The van der Waals surface area contributed by atoms with Gasteiger partial charge in [0.2, 0.25) is 17.6 Å². The number of nitrogens with zero attached hydrogens (tertiary/aromatic N) is 4.